The van der Waals surface area contributed by atoms with Crippen LogP contribution in [0.3, 0.4) is 0 Å². The average molecular weight is 252 g/mol. The topological polar surface area (TPSA) is 91.0 Å². The Kier molecular flexibility index (Phi) is 4.65. The van der Waals surface area contributed by atoms with Crippen LogP contribution in [0.2, 0.25) is 0 Å². The minimum absolute atomic E-state index is 0.0196. The molecule has 5 N–H and O–H groups in total. The van der Waals surface area contributed by atoms with Crippen LogP contribution in [0.15, 0.2) is 24.3 Å². The number of halogens is 1. The molecule has 5 nitrogen and oxygen atoms in total. The average Bonchev–Trinajstić information content (AvgIpc) is 2.28. The van der Waals surface area contributed by atoms with Gasteiger partial charge in [0.2, 0.25) is 0 Å². The first-order valence-corrected chi connectivity index (χ1v) is 5.57. The van der Waals surface area contributed by atoms with Crippen molar-refractivity contribution in [1.29, 1.82) is 5.41 Å². The summed E-state index contributed by atoms with van der Waals surface area (Å²) in [4.78, 5) is 11.6. The number of hydrogen-bond acceptors (Lipinski definition) is 2. The van der Waals surface area contributed by atoms with Crippen LogP contribution in [-0.4, -0.2) is 17.9 Å². The van der Waals surface area contributed by atoms with Gasteiger partial charge in [-0.3, -0.25) is 5.41 Å². The molecular formula is C12H17FN4O. The molecule has 6 heteroatoms. The maximum atomic E-state index is 13.3. The minimum atomic E-state index is -0.589. The highest BCUT2D eigenvalue weighted by Gasteiger charge is 2.19. The van der Waals surface area contributed by atoms with Crippen molar-refractivity contribution in [3.8, 4) is 0 Å². The van der Waals surface area contributed by atoms with Crippen LogP contribution in [-0.2, 0) is 0 Å². The second-order valence-electron chi connectivity index (χ2n) is 4.26. The zero-order valence-corrected chi connectivity index (χ0v) is 10.3. The normalized spacial score (nSPS) is 12.0. The molecule has 2 amide bonds. The Bertz CT molecular complexity index is 447. The summed E-state index contributed by atoms with van der Waals surface area (Å²) < 4.78 is 13.3. The van der Waals surface area contributed by atoms with Gasteiger partial charge in [-0.2, -0.15) is 0 Å². The predicted octanol–water partition coefficient (Wildman–Crippen LogP) is 1.91. The second kappa shape index (κ2) is 6.00. The molecule has 0 radical (unpaired) electrons. The Morgan fingerprint density at radius 3 is 2.50 bits per heavy atom. The van der Waals surface area contributed by atoms with Gasteiger partial charge in [-0.25, -0.2) is 9.18 Å². The lowest BCUT2D eigenvalue weighted by Gasteiger charge is -2.21. The number of carbonyl (C=O) groups is 1. The molecule has 0 aliphatic carbocycles. The molecule has 1 aromatic carbocycles. The molecule has 0 bridgehead atoms. The van der Waals surface area contributed by atoms with E-state index in [0.717, 1.165) is 0 Å². The van der Waals surface area contributed by atoms with Gasteiger partial charge in [-0.15, -0.1) is 0 Å². The number of anilines is 1. The summed E-state index contributed by atoms with van der Waals surface area (Å²) in [6, 6.07) is 4.69. The van der Waals surface area contributed by atoms with E-state index in [1.807, 2.05) is 13.8 Å². The molecule has 1 unspecified atom stereocenters. The van der Waals surface area contributed by atoms with Crippen LogP contribution in [0.1, 0.15) is 13.8 Å². The minimum Gasteiger partial charge on any atom is -0.386 e. The van der Waals surface area contributed by atoms with E-state index in [1.54, 1.807) is 6.07 Å². The number of hydrogen-bond donors (Lipinski definition) is 4. The van der Waals surface area contributed by atoms with Crippen molar-refractivity contribution in [2.45, 2.75) is 19.9 Å². The van der Waals surface area contributed by atoms with Crippen molar-refractivity contribution in [2.24, 2.45) is 11.7 Å². The zero-order valence-electron chi connectivity index (χ0n) is 10.3. The Hall–Kier alpha value is -2.11. The third-order valence-electron chi connectivity index (χ3n) is 2.41. The smallest absolute Gasteiger partial charge is 0.319 e. The molecular weight excluding hydrogens is 235 g/mol. The first kappa shape index (κ1) is 14.0. The summed E-state index contributed by atoms with van der Waals surface area (Å²) >= 11 is 0. The van der Waals surface area contributed by atoms with Gasteiger partial charge < -0.3 is 16.4 Å². The first-order valence-electron chi connectivity index (χ1n) is 5.57. The van der Waals surface area contributed by atoms with E-state index in [4.69, 9.17) is 11.1 Å². The van der Waals surface area contributed by atoms with Crippen molar-refractivity contribution in [3.05, 3.63) is 30.1 Å². The molecule has 0 saturated carbocycles. The van der Waals surface area contributed by atoms with Gasteiger partial charge in [-0.05, 0) is 18.1 Å². The molecule has 1 aromatic rings. The fourth-order valence-electron chi connectivity index (χ4n) is 1.47. The van der Waals surface area contributed by atoms with E-state index < -0.39 is 17.9 Å². The Morgan fingerprint density at radius 1 is 1.39 bits per heavy atom. The third kappa shape index (κ3) is 3.73. The van der Waals surface area contributed by atoms with Crippen molar-refractivity contribution in [3.63, 3.8) is 0 Å². The molecule has 0 heterocycles. The lowest BCUT2D eigenvalue weighted by atomic mass is 10.0. The van der Waals surface area contributed by atoms with Crippen LogP contribution in [0.4, 0.5) is 14.9 Å². The van der Waals surface area contributed by atoms with Crippen LogP contribution < -0.4 is 16.4 Å². The number of amidine groups is 1. The number of nitrogens with two attached hydrogens (primary N) is 1. The first-order chi connectivity index (χ1) is 8.41. The van der Waals surface area contributed by atoms with Gasteiger partial charge in [0, 0.05) is 0 Å². The van der Waals surface area contributed by atoms with Crippen molar-refractivity contribution in [1.82, 2.24) is 5.32 Å². The maximum Gasteiger partial charge on any atom is 0.319 e. The van der Waals surface area contributed by atoms with Gasteiger partial charge >= 0.3 is 6.03 Å². The standard InChI is InChI=1S/C12H17FN4O/c1-7(2)10(11(14)15)17-12(18)16-9-6-4-3-5-8(9)13/h3-7,10H,1-2H3,(H3,14,15)(H2,16,17,18). The highest BCUT2D eigenvalue weighted by molar-refractivity contribution is 5.94. The Morgan fingerprint density at radius 2 is 2.00 bits per heavy atom. The number of amides is 2. The Balaban J connectivity index is 2.67. The number of rotatable bonds is 4. The van der Waals surface area contributed by atoms with Crippen molar-refractivity contribution in [2.75, 3.05) is 5.32 Å². The third-order valence-corrected chi connectivity index (χ3v) is 2.41. The lowest BCUT2D eigenvalue weighted by Crippen LogP contribution is -2.48. The summed E-state index contributed by atoms with van der Waals surface area (Å²) in [5.74, 6) is -0.667. The van der Waals surface area contributed by atoms with E-state index in [2.05, 4.69) is 10.6 Å². The maximum absolute atomic E-state index is 13.3. The summed E-state index contributed by atoms with van der Waals surface area (Å²) in [6.07, 6.45) is 0. The SMILES string of the molecule is CC(C)C(NC(=O)Nc1ccccc1F)C(=N)N. The van der Waals surface area contributed by atoms with E-state index >= 15 is 0 Å². The Labute approximate surface area is 105 Å². The monoisotopic (exact) mass is 252 g/mol. The van der Waals surface area contributed by atoms with Gasteiger partial charge in [0.25, 0.3) is 0 Å². The highest BCUT2D eigenvalue weighted by atomic mass is 19.1. The van der Waals surface area contributed by atoms with Gasteiger partial charge in [0.1, 0.15) is 11.7 Å². The van der Waals surface area contributed by atoms with Gasteiger partial charge in [-0.1, -0.05) is 26.0 Å². The van der Waals surface area contributed by atoms with Gasteiger partial charge in [0.15, 0.2) is 0 Å². The molecule has 0 aliphatic rings. The number of benzene rings is 1. The fourth-order valence-corrected chi connectivity index (χ4v) is 1.47. The van der Waals surface area contributed by atoms with Crippen LogP contribution in [0, 0.1) is 17.1 Å². The van der Waals surface area contributed by atoms with E-state index in [9.17, 15) is 9.18 Å². The van der Waals surface area contributed by atoms with E-state index in [0.29, 0.717) is 0 Å². The number of carbonyl (C=O) groups excluding carboxylic acids is 1. The number of nitrogens with one attached hydrogen (secondary N) is 3. The summed E-state index contributed by atoms with van der Waals surface area (Å²) in [6.45, 7) is 3.66. The molecule has 0 spiro atoms. The van der Waals surface area contributed by atoms with Gasteiger partial charge in [0.05, 0.1) is 11.7 Å². The largest absolute Gasteiger partial charge is 0.386 e. The molecule has 0 aliphatic heterocycles. The fraction of sp³-hybridized carbons (Fsp3) is 0.333. The van der Waals surface area contributed by atoms with Crippen LogP contribution in [0.25, 0.3) is 0 Å². The van der Waals surface area contributed by atoms with Crippen molar-refractivity contribution >= 4 is 17.6 Å². The van der Waals surface area contributed by atoms with E-state index in [1.165, 1.54) is 18.2 Å². The van der Waals surface area contributed by atoms with Crippen LogP contribution >= 0.6 is 0 Å². The van der Waals surface area contributed by atoms with E-state index in [-0.39, 0.29) is 17.4 Å². The highest BCUT2D eigenvalue weighted by Crippen LogP contribution is 2.12. The molecule has 0 saturated heterocycles. The molecule has 1 atom stereocenters. The number of urea groups is 1. The molecule has 98 valence electrons. The van der Waals surface area contributed by atoms with Crippen LogP contribution in [0.5, 0.6) is 0 Å². The summed E-state index contributed by atoms with van der Waals surface area (Å²) in [5, 5.41) is 12.3. The lowest BCUT2D eigenvalue weighted by molar-refractivity contribution is 0.248. The van der Waals surface area contributed by atoms with Crippen molar-refractivity contribution < 1.29 is 9.18 Å². The molecule has 0 fully saturated rings. The molecule has 0 aromatic heterocycles. The second-order valence-corrected chi connectivity index (χ2v) is 4.26. The summed E-state index contributed by atoms with van der Waals surface area (Å²) in [7, 11) is 0. The molecule has 18 heavy (non-hydrogen) atoms. The zero-order chi connectivity index (χ0) is 13.7. The summed E-state index contributed by atoms with van der Waals surface area (Å²) in [5.41, 5.74) is 5.46. The quantitative estimate of drug-likeness (QED) is 0.487. The molecule has 1 rings (SSSR count). The predicted molar refractivity (Wildman–Crippen MR) is 69.1 cm³/mol. The number of para-hydroxylation sites is 1.